The molecule has 2 aromatic heterocycles. The predicted octanol–water partition coefficient (Wildman–Crippen LogP) is 6.91. The summed E-state index contributed by atoms with van der Waals surface area (Å²) in [4.78, 5) is 17.1. The van der Waals surface area contributed by atoms with Crippen molar-refractivity contribution in [1.29, 1.82) is 0 Å². The van der Waals surface area contributed by atoms with E-state index in [0.717, 1.165) is 22.4 Å². The molecule has 7 nitrogen and oxygen atoms in total. The highest BCUT2D eigenvalue weighted by atomic mass is 35.5. The number of aryl methyl sites for hydroxylation is 1. The van der Waals surface area contributed by atoms with E-state index in [1.165, 1.54) is 12.1 Å². The number of benzene rings is 2. The zero-order chi connectivity index (χ0) is 27.6. The number of pyridine rings is 1. The molecule has 4 rings (SSSR count). The number of esters is 1. The number of hydrogen-bond donors (Lipinski definition) is 0. The van der Waals surface area contributed by atoms with Gasteiger partial charge in [-0.05, 0) is 81.1 Å². The summed E-state index contributed by atoms with van der Waals surface area (Å²) in [5.41, 5.74) is 2.92. The maximum atomic E-state index is 13.1. The molecule has 0 fully saturated rings. The topological polar surface area (TPSA) is 75.5 Å². The van der Waals surface area contributed by atoms with E-state index in [0.29, 0.717) is 27.5 Å². The van der Waals surface area contributed by atoms with Crippen LogP contribution in [0.15, 0.2) is 54.9 Å². The average Bonchev–Trinajstić information content (AvgIpc) is 3.27. The van der Waals surface area contributed by atoms with Crippen LogP contribution in [-0.4, -0.2) is 39.2 Å². The van der Waals surface area contributed by atoms with Gasteiger partial charge in [-0.3, -0.25) is 9.72 Å². The number of nitrogens with zero attached hydrogens (tertiary/aromatic N) is 3. The summed E-state index contributed by atoms with van der Waals surface area (Å²) in [6.45, 7) is 3.41. The Bertz CT molecular complexity index is 1450. The van der Waals surface area contributed by atoms with E-state index in [9.17, 15) is 13.6 Å². The smallest absolute Gasteiger partial charge is 0.377 e. The molecule has 0 radical (unpaired) electrons. The van der Waals surface area contributed by atoms with Crippen LogP contribution in [0.2, 0.25) is 10.2 Å². The van der Waals surface area contributed by atoms with Crippen LogP contribution in [0.3, 0.4) is 0 Å². The first-order valence-electron chi connectivity index (χ1n) is 11.6. The van der Waals surface area contributed by atoms with E-state index in [4.69, 9.17) is 32.7 Å². The molecule has 2 heterocycles. The van der Waals surface area contributed by atoms with Crippen molar-refractivity contribution in [3.8, 4) is 11.4 Å². The minimum absolute atomic E-state index is 0.110. The summed E-state index contributed by atoms with van der Waals surface area (Å²) < 4.78 is 43.2. The zero-order valence-electron chi connectivity index (χ0n) is 21.0. The third kappa shape index (κ3) is 6.59. The number of rotatable bonds is 8. The Morgan fingerprint density at radius 3 is 2.39 bits per heavy atom. The Balaban J connectivity index is 1.66. The van der Waals surface area contributed by atoms with Crippen molar-refractivity contribution in [2.24, 2.45) is 0 Å². The second-order valence-electron chi connectivity index (χ2n) is 9.48. The van der Waals surface area contributed by atoms with Gasteiger partial charge >= 0.3 is 18.9 Å². The van der Waals surface area contributed by atoms with Crippen LogP contribution < -0.4 is 4.74 Å². The van der Waals surface area contributed by atoms with Crippen LogP contribution in [0.25, 0.3) is 16.6 Å². The highest BCUT2D eigenvalue weighted by Gasteiger charge is 2.31. The average molecular weight is 564 g/mol. The van der Waals surface area contributed by atoms with E-state index in [-0.39, 0.29) is 5.75 Å². The molecule has 0 amide bonds. The maximum absolute atomic E-state index is 13.1. The molecule has 0 saturated carbocycles. The number of alkyl halides is 2. The number of halogens is 4. The molecule has 2 aromatic carbocycles. The Labute approximate surface area is 228 Å². The molecular weight excluding hydrogens is 539 g/mol. The molecule has 1 unspecified atom stereocenters. The molecular formula is C27H25Cl2F2N3O4. The number of aromatic nitrogens is 3. The highest BCUT2D eigenvalue weighted by molar-refractivity contribution is 6.35. The summed E-state index contributed by atoms with van der Waals surface area (Å²) >= 11 is 12.3. The predicted molar refractivity (Wildman–Crippen MR) is 140 cm³/mol. The first-order valence-corrected chi connectivity index (χ1v) is 12.4. The second-order valence-corrected chi connectivity index (χ2v) is 10.3. The Kier molecular flexibility index (Phi) is 8.20. The van der Waals surface area contributed by atoms with Gasteiger partial charge < -0.3 is 9.47 Å². The van der Waals surface area contributed by atoms with Gasteiger partial charge in [-0.2, -0.15) is 13.9 Å². The number of ether oxygens (including phenoxy) is 3. The number of carbonyl (C=O) groups excluding carboxylic acids is 1. The molecule has 0 N–H and O–H groups in total. The lowest BCUT2D eigenvalue weighted by Crippen LogP contribution is -2.38. The van der Waals surface area contributed by atoms with Crippen LogP contribution in [0.1, 0.15) is 37.5 Å². The molecule has 1 atom stereocenters. The van der Waals surface area contributed by atoms with Crippen LogP contribution in [-0.2, 0) is 20.7 Å². The van der Waals surface area contributed by atoms with Gasteiger partial charge in [-0.25, -0.2) is 9.48 Å². The van der Waals surface area contributed by atoms with E-state index in [1.54, 1.807) is 43.9 Å². The lowest BCUT2D eigenvalue weighted by Gasteiger charge is -2.25. The fourth-order valence-corrected chi connectivity index (χ4v) is 4.18. The van der Waals surface area contributed by atoms with E-state index < -0.39 is 24.5 Å². The molecule has 0 aliphatic heterocycles. The van der Waals surface area contributed by atoms with Gasteiger partial charge in [0.05, 0.1) is 16.2 Å². The first kappa shape index (κ1) is 27.8. The van der Waals surface area contributed by atoms with Crippen molar-refractivity contribution in [2.75, 3.05) is 0 Å². The van der Waals surface area contributed by atoms with Crippen molar-refractivity contribution < 1.29 is 27.8 Å². The molecule has 0 aliphatic carbocycles. The van der Waals surface area contributed by atoms with Crippen LogP contribution in [0, 0.1) is 6.92 Å². The lowest BCUT2D eigenvalue weighted by molar-refractivity contribution is -0.235. The van der Waals surface area contributed by atoms with Gasteiger partial charge in [-0.15, -0.1) is 0 Å². The fraction of sp³-hybridized carbons (Fsp3) is 0.296. The van der Waals surface area contributed by atoms with Crippen molar-refractivity contribution in [1.82, 2.24) is 14.8 Å². The van der Waals surface area contributed by atoms with Crippen molar-refractivity contribution in [3.05, 3.63) is 81.7 Å². The number of hydrogen-bond acceptors (Lipinski definition) is 6. The zero-order valence-corrected chi connectivity index (χ0v) is 22.6. The van der Waals surface area contributed by atoms with Gasteiger partial charge in [-0.1, -0.05) is 35.3 Å². The third-order valence-electron chi connectivity index (χ3n) is 5.51. The fourth-order valence-electron chi connectivity index (χ4n) is 3.83. The Morgan fingerprint density at radius 2 is 1.79 bits per heavy atom. The monoisotopic (exact) mass is 563 g/mol. The van der Waals surface area contributed by atoms with Gasteiger partial charge in [0, 0.05) is 17.8 Å². The third-order valence-corrected chi connectivity index (χ3v) is 6.01. The van der Waals surface area contributed by atoms with Gasteiger partial charge in [0.2, 0.25) is 0 Å². The van der Waals surface area contributed by atoms with Gasteiger partial charge in [0.25, 0.3) is 0 Å². The van der Waals surface area contributed by atoms with Crippen LogP contribution in [0.5, 0.6) is 5.75 Å². The summed E-state index contributed by atoms with van der Waals surface area (Å²) in [5, 5.41) is 5.41. The minimum atomic E-state index is -3.26. The van der Waals surface area contributed by atoms with E-state index in [1.807, 2.05) is 31.2 Å². The van der Waals surface area contributed by atoms with Gasteiger partial charge in [0.15, 0.2) is 5.15 Å². The lowest BCUT2D eigenvalue weighted by atomic mass is 9.98. The first-order chi connectivity index (χ1) is 17.9. The summed E-state index contributed by atoms with van der Waals surface area (Å²) in [7, 11) is 0. The summed E-state index contributed by atoms with van der Waals surface area (Å²) in [6.07, 6.45) is 1.99. The molecule has 11 heteroatoms. The highest BCUT2D eigenvalue weighted by Crippen LogP contribution is 2.35. The minimum Gasteiger partial charge on any atom is -0.455 e. The van der Waals surface area contributed by atoms with Gasteiger partial charge in [0.1, 0.15) is 11.4 Å². The van der Waals surface area contributed by atoms with E-state index >= 15 is 0 Å². The Hall–Kier alpha value is -3.27. The number of carbonyl (C=O) groups is 1. The van der Waals surface area contributed by atoms with Crippen molar-refractivity contribution in [3.63, 3.8) is 0 Å². The van der Waals surface area contributed by atoms with E-state index in [2.05, 4.69) is 14.8 Å². The molecule has 4 aromatic rings. The molecule has 0 spiro atoms. The van der Waals surface area contributed by atoms with Crippen molar-refractivity contribution in [2.45, 2.75) is 52.6 Å². The summed E-state index contributed by atoms with van der Waals surface area (Å²) in [5.74, 6) is -0.972. The molecule has 38 heavy (non-hydrogen) atoms. The number of fused-ring (bicyclic) bond motifs is 1. The molecule has 0 aliphatic rings. The van der Waals surface area contributed by atoms with Crippen molar-refractivity contribution >= 4 is 40.1 Å². The molecule has 200 valence electrons. The van der Waals surface area contributed by atoms with Crippen LogP contribution >= 0.6 is 23.2 Å². The molecule has 0 bridgehead atoms. The second kappa shape index (κ2) is 11.2. The molecule has 0 saturated heterocycles. The summed E-state index contributed by atoms with van der Waals surface area (Å²) in [6, 6.07) is 12.4. The normalized spacial score (nSPS) is 12.7. The quantitative estimate of drug-likeness (QED) is 0.171. The maximum Gasteiger partial charge on any atom is 0.377 e. The van der Waals surface area contributed by atoms with Crippen LogP contribution in [0.4, 0.5) is 8.78 Å². The Morgan fingerprint density at radius 1 is 1.08 bits per heavy atom. The standard InChI is InChI=1S/C27H25Cl2F2N3O4/c1-15-17(13-16-5-7-18(8-6-16)34-12-11-21(29)33-34)14-32-23-19(28)9-10-20(22(15)23)36-25(37-26(30)31)24(35)38-27(2,3)4/h5-12,14,25-26H,13H2,1-4H3. The SMILES string of the molecule is Cc1c(Cc2ccc(-n3ccc(Cl)n3)cc2)cnc2c(Cl)ccc(OC(OC(F)F)C(=O)OC(C)(C)C)c12. The largest absolute Gasteiger partial charge is 0.455 e.